The monoisotopic (exact) mass is 553 g/mol. The van der Waals surface area contributed by atoms with E-state index in [1.807, 2.05) is 6.92 Å². The molecular weight excluding hydrogens is 525 g/mol. The summed E-state index contributed by atoms with van der Waals surface area (Å²) >= 11 is 6.40. The van der Waals surface area contributed by atoms with Crippen LogP contribution < -0.4 is 10.6 Å². The largest absolute Gasteiger partial charge is 0.479 e. The molecule has 0 amide bonds. The Hall–Kier alpha value is -3.79. The van der Waals surface area contributed by atoms with E-state index in [9.17, 15) is 9.50 Å². The number of pyridine rings is 2. The fraction of sp³-hybridized carbons (Fsp3) is 0.423. The van der Waals surface area contributed by atoms with E-state index in [1.165, 1.54) is 18.3 Å². The van der Waals surface area contributed by atoms with Crippen molar-refractivity contribution in [2.75, 3.05) is 32.8 Å². The van der Waals surface area contributed by atoms with Gasteiger partial charge in [-0.1, -0.05) is 11.6 Å². The number of ether oxygens (including phenoxy) is 1. The molecule has 1 unspecified atom stereocenters. The zero-order valence-corrected chi connectivity index (χ0v) is 22.2. The Labute approximate surface area is 230 Å². The van der Waals surface area contributed by atoms with Crippen molar-refractivity contribution in [1.29, 1.82) is 5.26 Å². The molecule has 4 heterocycles. The number of rotatable bonds is 8. The van der Waals surface area contributed by atoms with Gasteiger partial charge in [0.05, 0.1) is 41.5 Å². The lowest BCUT2D eigenvalue weighted by Gasteiger charge is -2.44. The van der Waals surface area contributed by atoms with Gasteiger partial charge in [-0.15, -0.1) is 0 Å². The topological polar surface area (TPSA) is 141 Å². The van der Waals surface area contributed by atoms with Crippen LogP contribution in [-0.2, 0) is 0 Å². The molecule has 0 radical (unpaired) electrons. The zero-order valence-electron chi connectivity index (χ0n) is 21.4. The predicted molar refractivity (Wildman–Crippen MR) is 144 cm³/mol. The molecule has 2 aliphatic rings. The minimum atomic E-state index is -0.870. The van der Waals surface area contributed by atoms with Gasteiger partial charge in [-0.3, -0.25) is 14.9 Å². The quantitative estimate of drug-likeness (QED) is 0.187. The molecule has 1 aliphatic carbocycles. The average molecular weight is 554 g/mol. The summed E-state index contributed by atoms with van der Waals surface area (Å²) in [6.45, 7) is 4.78. The molecule has 3 N–H and O–H groups in total. The molecule has 1 saturated carbocycles. The first-order valence-electron chi connectivity index (χ1n) is 12.7. The molecule has 1 atom stereocenters. The zero-order chi connectivity index (χ0) is 27.5. The first kappa shape index (κ1) is 26.8. The first-order chi connectivity index (χ1) is 18.9. The highest BCUT2D eigenvalue weighted by molar-refractivity contribution is 6.47. The lowest BCUT2D eigenvalue weighted by molar-refractivity contribution is 0.0709. The number of aliphatic hydroxyl groups excluding tert-OH is 1. The fourth-order valence-electron chi connectivity index (χ4n) is 5.05. The van der Waals surface area contributed by atoms with Crippen LogP contribution >= 0.6 is 11.6 Å². The Kier molecular flexibility index (Phi) is 7.92. The molecule has 1 saturated heterocycles. The van der Waals surface area contributed by atoms with Crippen LogP contribution in [0.3, 0.4) is 0 Å². The second kappa shape index (κ2) is 11.5. The number of halogens is 2. The third kappa shape index (κ3) is 5.66. The standard InChI is InChI=1S/C26H29ClFN9O2/c1-16(33-19-9-20(10-19)36-6-4-35(15-29)5-7-36)25(34-30)17-8-23(26-21(27)12-32-37(26)13-17)39-24(14-38)22-3-2-18(28)11-31-22/h2-3,8,11-13,19-20,24,38H,4-7,9-10,14,30H2,1H3/b33-16?,34-25+. The van der Waals surface area contributed by atoms with Crippen LogP contribution in [0.15, 0.2) is 46.9 Å². The van der Waals surface area contributed by atoms with E-state index < -0.39 is 18.5 Å². The number of aliphatic imine (C=N–C) groups is 1. The van der Waals surface area contributed by atoms with Crippen LogP contribution in [0.25, 0.3) is 5.52 Å². The van der Waals surface area contributed by atoms with Gasteiger partial charge in [0.1, 0.15) is 22.8 Å². The third-order valence-electron chi connectivity index (χ3n) is 7.23. The van der Waals surface area contributed by atoms with Crippen LogP contribution in [0.5, 0.6) is 5.75 Å². The van der Waals surface area contributed by atoms with Crippen molar-refractivity contribution in [1.82, 2.24) is 24.4 Å². The maximum atomic E-state index is 13.4. The molecule has 204 valence electrons. The number of nitrogens with zero attached hydrogens (tertiary/aromatic N) is 8. The van der Waals surface area contributed by atoms with Crippen molar-refractivity contribution in [2.45, 2.75) is 38.0 Å². The van der Waals surface area contributed by atoms with Crippen molar-refractivity contribution in [3.05, 3.63) is 58.9 Å². The molecule has 0 aromatic carbocycles. The maximum Gasteiger partial charge on any atom is 0.179 e. The van der Waals surface area contributed by atoms with E-state index in [1.54, 1.807) is 21.7 Å². The second-order valence-electron chi connectivity index (χ2n) is 9.66. The summed E-state index contributed by atoms with van der Waals surface area (Å²) in [5, 5.41) is 27.7. The molecule has 11 nitrogen and oxygen atoms in total. The SMILES string of the molecule is CC(=NC1CC(N2CCN(C#N)CC2)C1)/C(=N\N)c1cc(OC(CO)c2ccc(F)cn2)c2c(Cl)cnn2c1. The van der Waals surface area contributed by atoms with Gasteiger partial charge in [0, 0.05) is 44.0 Å². The molecule has 2 fully saturated rings. The normalized spacial score (nSPS) is 21.5. The number of fused-ring (bicyclic) bond motifs is 1. The maximum absolute atomic E-state index is 13.4. The summed E-state index contributed by atoms with van der Waals surface area (Å²) in [6, 6.07) is 5.04. The van der Waals surface area contributed by atoms with Crippen molar-refractivity contribution in [3.63, 3.8) is 0 Å². The van der Waals surface area contributed by atoms with E-state index in [2.05, 4.69) is 26.3 Å². The van der Waals surface area contributed by atoms with Crippen LogP contribution in [0, 0.1) is 17.3 Å². The first-order valence-corrected chi connectivity index (χ1v) is 13.1. The average Bonchev–Trinajstić information content (AvgIpc) is 3.30. The van der Waals surface area contributed by atoms with E-state index in [0.717, 1.165) is 45.2 Å². The summed E-state index contributed by atoms with van der Waals surface area (Å²) in [5.74, 6) is 5.67. The Morgan fingerprint density at radius 1 is 1.31 bits per heavy atom. The molecule has 13 heteroatoms. The minimum absolute atomic E-state index is 0.155. The molecule has 39 heavy (non-hydrogen) atoms. The lowest BCUT2D eigenvalue weighted by atomic mass is 9.85. The number of piperazine rings is 1. The van der Waals surface area contributed by atoms with Crippen LogP contribution in [-0.4, -0.2) is 85.8 Å². The molecule has 0 spiro atoms. The smallest absolute Gasteiger partial charge is 0.179 e. The summed E-state index contributed by atoms with van der Waals surface area (Å²) in [5.41, 5.74) is 2.60. The van der Waals surface area contributed by atoms with Gasteiger partial charge in [-0.05, 0) is 38.0 Å². The van der Waals surface area contributed by atoms with Gasteiger partial charge >= 0.3 is 0 Å². The summed E-state index contributed by atoms with van der Waals surface area (Å²) in [4.78, 5) is 13.1. The molecule has 0 bridgehead atoms. The molecule has 3 aromatic rings. The van der Waals surface area contributed by atoms with Crippen LogP contribution in [0.1, 0.15) is 37.1 Å². The summed E-state index contributed by atoms with van der Waals surface area (Å²) in [6.07, 6.45) is 7.51. The fourth-order valence-corrected chi connectivity index (χ4v) is 5.27. The summed E-state index contributed by atoms with van der Waals surface area (Å²) < 4.78 is 21.1. The summed E-state index contributed by atoms with van der Waals surface area (Å²) in [7, 11) is 0. The minimum Gasteiger partial charge on any atom is -0.479 e. The second-order valence-corrected chi connectivity index (χ2v) is 10.1. The van der Waals surface area contributed by atoms with Gasteiger partial charge in [-0.2, -0.15) is 15.5 Å². The van der Waals surface area contributed by atoms with Crippen molar-refractivity contribution >= 4 is 28.5 Å². The van der Waals surface area contributed by atoms with Gasteiger partial charge in [0.25, 0.3) is 0 Å². The number of nitriles is 1. The van der Waals surface area contributed by atoms with Crippen molar-refractivity contribution in [3.8, 4) is 11.9 Å². The Balaban J connectivity index is 1.35. The van der Waals surface area contributed by atoms with Crippen molar-refractivity contribution in [2.24, 2.45) is 15.9 Å². The number of nitrogens with two attached hydrogens (primary N) is 1. The van der Waals surface area contributed by atoms with Crippen LogP contribution in [0.2, 0.25) is 5.02 Å². The van der Waals surface area contributed by atoms with E-state index in [-0.39, 0.29) is 6.04 Å². The highest BCUT2D eigenvalue weighted by atomic mass is 35.5. The van der Waals surface area contributed by atoms with Crippen molar-refractivity contribution < 1.29 is 14.2 Å². The van der Waals surface area contributed by atoms with Crippen LogP contribution in [0.4, 0.5) is 4.39 Å². The predicted octanol–water partition coefficient (Wildman–Crippen LogP) is 2.39. The number of hydrogen-bond acceptors (Lipinski definition) is 10. The van der Waals surface area contributed by atoms with E-state index >= 15 is 0 Å². The highest BCUT2D eigenvalue weighted by Crippen LogP contribution is 2.33. The Morgan fingerprint density at radius 2 is 2.08 bits per heavy atom. The lowest BCUT2D eigenvalue weighted by Crippen LogP contribution is -2.54. The van der Waals surface area contributed by atoms with E-state index in [0.29, 0.717) is 45.0 Å². The molecule has 5 rings (SSSR count). The van der Waals surface area contributed by atoms with E-state index in [4.69, 9.17) is 32.4 Å². The third-order valence-corrected chi connectivity index (χ3v) is 7.51. The number of hydrazone groups is 1. The highest BCUT2D eigenvalue weighted by Gasteiger charge is 2.35. The number of aliphatic hydroxyl groups is 1. The van der Waals surface area contributed by atoms with Gasteiger partial charge in [-0.25, -0.2) is 8.91 Å². The molecular formula is C26H29ClFN9O2. The van der Waals surface area contributed by atoms with Gasteiger partial charge < -0.3 is 20.6 Å². The molecule has 1 aliphatic heterocycles. The molecule has 3 aromatic heterocycles. The number of hydrogen-bond donors (Lipinski definition) is 2. The Morgan fingerprint density at radius 3 is 2.72 bits per heavy atom. The Bertz CT molecular complexity index is 1420. The van der Waals surface area contributed by atoms with Gasteiger partial charge in [0.2, 0.25) is 0 Å². The van der Waals surface area contributed by atoms with Gasteiger partial charge in [0.15, 0.2) is 12.3 Å². The number of aromatic nitrogens is 3.